The quantitative estimate of drug-likeness (QED) is 0.181. The van der Waals surface area contributed by atoms with Gasteiger partial charge in [0.2, 0.25) is 0 Å². The number of hydrogen-bond acceptors (Lipinski definition) is 1. The molecule has 0 unspecified atom stereocenters. The molecule has 3 heteroatoms. The van der Waals surface area contributed by atoms with E-state index < -0.39 is 0 Å². The number of alkyl halides is 1. The first-order valence-electron chi connectivity index (χ1n) is 9.58. The summed E-state index contributed by atoms with van der Waals surface area (Å²) in [6.07, 6.45) is 5.66. The summed E-state index contributed by atoms with van der Waals surface area (Å²) in [6.45, 7) is 0.760. The lowest BCUT2D eigenvalue weighted by Gasteiger charge is -2.11. The number of rotatable bonds is 9. The summed E-state index contributed by atoms with van der Waals surface area (Å²) in [5.41, 5.74) is 4.61. The van der Waals surface area contributed by atoms with Gasteiger partial charge in [0, 0.05) is 10.4 Å². The summed E-state index contributed by atoms with van der Waals surface area (Å²) >= 11 is 9.55. The molecule has 0 saturated carbocycles. The second-order valence-electron chi connectivity index (χ2n) is 6.60. The van der Waals surface area contributed by atoms with E-state index in [2.05, 4.69) is 82.7 Å². The van der Waals surface area contributed by atoms with Crippen molar-refractivity contribution in [2.24, 2.45) is 0 Å². The zero-order valence-electron chi connectivity index (χ0n) is 15.8. The number of halogens is 2. The van der Waals surface area contributed by atoms with Gasteiger partial charge in [-0.2, -0.15) is 0 Å². The van der Waals surface area contributed by atoms with Gasteiger partial charge in [-0.15, -0.1) is 0 Å². The Morgan fingerprint density at radius 3 is 2.07 bits per heavy atom. The van der Waals surface area contributed by atoms with Crippen molar-refractivity contribution in [1.82, 2.24) is 0 Å². The minimum atomic E-state index is 0.742. The fourth-order valence-electron chi connectivity index (χ4n) is 2.97. The molecule has 0 fully saturated rings. The fourth-order valence-corrected chi connectivity index (χ4v) is 3.50. The second kappa shape index (κ2) is 11.1. The van der Waals surface area contributed by atoms with Crippen molar-refractivity contribution in [3.8, 4) is 5.75 Å². The average Bonchev–Trinajstić information content (AvgIpc) is 2.74. The van der Waals surface area contributed by atoms with Crippen LogP contribution in [0, 0.1) is 0 Å². The van der Waals surface area contributed by atoms with E-state index in [9.17, 15) is 0 Å². The molecule has 0 heterocycles. The molecule has 0 spiro atoms. The van der Waals surface area contributed by atoms with Crippen LogP contribution in [0.2, 0.25) is 5.02 Å². The highest BCUT2D eigenvalue weighted by atomic mass is 79.9. The normalized spacial score (nSPS) is 11.4. The number of unbranched alkanes of at least 4 members (excludes halogenated alkanes) is 2. The van der Waals surface area contributed by atoms with E-state index >= 15 is 0 Å². The molecule has 0 bridgehead atoms. The zero-order valence-corrected chi connectivity index (χ0v) is 18.1. The first-order chi connectivity index (χ1) is 13.8. The summed E-state index contributed by atoms with van der Waals surface area (Å²) in [7, 11) is 0. The van der Waals surface area contributed by atoms with Crippen molar-refractivity contribution in [2.75, 3.05) is 11.9 Å². The van der Waals surface area contributed by atoms with E-state index in [1.165, 1.54) is 18.4 Å². The molecule has 0 saturated heterocycles. The predicted octanol–water partition coefficient (Wildman–Crippen LogP) is 7.87. The SMILES string of the molecule is Clc1ccc(C(=Cc2ccccc2)c2ccc(OCCCCCBr)cc2)cc1. The molecular weight excluding hydrogens is 432 g/mol. The van der Waals surface area contributed by atoms with Crippen molar-refractivity contribution < 1.29 is 4.74 Å². The highest BCUT2D eigenvalue weighted by molar-refractivity contribution is 9.09. The van der Waals surface area contributed by atoms with Gasteiger partial charge in [-0.25, -0.2) is 0 Å². The molecule has 0 N–H and O–H groups in total. The maximum absolute atomic E-state index is 6.08. The fraction of sp³-hybridized carbons (Fsp3) is 0.200. The zero-order chi connectivity index (χ0) is 19.6. The maximum Gasteiger partial charge on any atom is 0.119 e. The van der Waals surface area contributed by atoms with Crippen molar-refractivity contribution >= 4 is 39.2 Å². The van der Waals surface area contributed by atoms with Gasteiger partial charge < -0.3 is 4.74 Å². The summed E-state index contributed by atoms with van der Waals surface area (Å²) in [6, 6.07) is 26.7. The molecule has 28 heavy (non-hydrogen) atoms. The van der Waals surface area contributed by atoms with Crippen molar-refractivity contribution in [1.29, 1.82) is 0 Å². The first kappa shape index (κ1) is 20.7. The van der Waals surface area contributed by atoms with Gasteiger partial charge in [0.05, 0.1) is 6.61 Å². The highest BCUT2D eigenvalue weighted by Crippen LogP contribution is 2.28. The Hall–Kier alpha value is -2.03. The van der Waals surface area contributed by atoms with E-state index in [1.54, 1.807) is 0 Å². The average molecular weight is 456 g/mol. The summed E-state index contributed by atoms with van der Waals surface area (Å²) in [4.78, 5) is 0. The van der Waals surface area contributed by atoms with Crippen LogP contribution >= 0.6 is 27.5 Å². The van der Waals surface area contributed by atoms with Crippen LogP contribution in [0.1, 0.15) is 36.0 Å². The highest BCUT2D eigenvalue weighted by Gasteiger charge is 2.07. The van der Waals surface area contributed by atoms with E-state index in [1.807, 2.05) is 18.2 Å². The standard InChI is InChI=1S/C25H24BrClO/c26-17-5-2-6-18-28-24-15-11-22(12-16-24)25(19-20-7-3-1-4-8-20)21-9-13-23(27)14-10-21/h1,3-4,7-16,19H,2,5-6,17-18H2. The van der Waals surface area contributed by atoms with Gasteiger partial charge in [0.25, 0.3) is 0 Å². The minimum Gasteiger partial charge on any atom is -0.494 e. The topological polar surface area (TPSA) is 9.23 Å². The van der Waals surface area contributed by atoms with Gasteiger partial charge >= 0.3 is 0 Å². The molecule has 0 atom stereocenters. The second-order valence-corrected chi connectivity index (χ2v) is 7.83. The molecule has 0 radical (unpaired) electrons. The van der Waals surface area contributed by atoms with E-state index in [0.29, 0.717) is 0 Å². The molecule has 0 amide bonds. The lowest BCUT2D eigenvalue weighted by atomic mass is 9.95. The summed E-state index contributed by atoms with van der Waals surface area (Å²) in [5, 5.41) is 1.80. The third-order valence-corrected chi connectivity index (χ3v) is 5.29. The molecular formula is C25H24BrClO. The van der Waals surface area contributed by atoms with Crippen LogP contribution in [0.15, 0.2) is 78.9 Å². The first-order valence-corrected chi connectivity index (χ1v) is 11.1. The van der Waals surface area contributed by atoms with E-state index in [0.717, 1.165) is 45.8 Å². The Bertz CT molecular complexity index is 871. The van der Waals surface area contributed by atoms with Crippen LogP contribution in [0.25, 0.3) is 11.6 Å². The van der Waals surface area contributed by atoms with Gasteiger partial charge in [-0.05, 0) is 71.9 Å². The van der Waals surface area contributed by atoms with Gasteiger partial charge in [-0.3, -0.25) is 0 Å². The molecule has 144 valence electrons. The number of hydrogen-bond donors (Lipinski definition) is 0. The van der Waals surface area contributed by atoms with Crippen molar-refractivity contribution in [2.45, 2.75) is 19.3 Å². The van der Waals surface area contributed by atoms with Gasteiger partial charge in [0.1, 0.15) is 5.75 Å². The number of ether oxygens (including phenoxy) is 1. The predicted molar refractivity (Wildman–Crippen MR) is 124 cm³/mol. The molecule has 0 aliphatic heterocycles. The third kappa shape index (κ3) is 6.25. The van der Waals surface area contributed by atoms with E-state index in [4.69, 9.17) is 16.3 Å². The van der Waals surface area contributed by atoms with Crippen LogP contribution in [-0.2, 0) is 0 Å². The Morgan fingerprint density at radius 1 is 0.786 bits per heavy atom. The summed E-state index contributed by atoms with van der Waals surface area (Å²) in [5.74, 6) is 0.915. The van der Waals surface area contributed by atoms with Gasteiger partial charge in [-0.1, -0.05) is 82.1 Å². The number of benzene rings is 3. The largest absolute Gasteiger partial charge is 0.494 e. The molecule has 0 aliphatic rings. The molecule has 3 rings (SSSR count). The summed E-state index contributed by atoms with van der Waals surface area (Å²) < 4.78 is 5.87. The Morgan fingerprint density at radius 2 is 1.43 bits per heavy atom. The van der Waals surface area contributed by atoms with Crippen LogP contribution in [0.3, 0.4) is 0 Å². The van der Waals surface area contributed by atoms with Crippen LogP contribution in [0.5, 0.6) is 5.75 Å². The molecule has 0 aliphatic carbocycles. The van der Waals surface area contributed by atoms with E-state index in [-0.39, 0.29) is 0 Å². The molecule has 1 nitrogen and oxygen atoms in total. The van der Waals surface area contributed by atoms with Crippen LogP contribution in [0.4, 0.5) is 0 Å². The van der Waals surface area contributed by atoms with Crippen molar-refractivity contribution in [3.63, 3.8) is 0 Å². The lowest BCUT2D eigenvalue weighted by Crippen LogP contribution is -1.97. The maximum atomic E-state index is 6.08. The third-order valence-electron chi connectivity index (χ3n) is 4.48. The lowest BCUT2D eigenvalue weighted by molar-refractivity contribution is 0.306. The molecule has 3 aromatic rings. The van der Waals surface area contributed by atoms with Crippen LogP contribution in [-0.4, -0.2) is 11.9 Å². The Balaban J connectivity index is 1.80. The Kier molecular flexibility index (Phi) is 8.20. The Labute approximate surface area is 181 Å². The minimum absolute atomic E-state index is 0.742. The molecule has 3 aromatic carbocycles. The van der Waals surface area contributed by atoms with Crippen molar-refractivity contribution in [3.05, 3.63) is 101 Å². The van der Waals surface area contributed by atoms with Crippen LogP contribution < -0.4 is 4.74 Å². The molecule has 0 aromatic heterocycles. The van der Waals surface area contributed by atoms with Gasteiger partial charge in [0.15, 0.2) is 0 Å². The smallest absolute Gasteiger partial charge is 0.119 e. The monoisotopic (exact) mass is 454 g/mol.